The number of Topliss-reactive ketones (excluding diaryl/α,β-unsaturated/α-hetero) is 1. The van der Waals surface area contributed by atoms with Gasteiger partial charge in [-0.3, -0.25) is 4.79 Å². The van der Waals surface area contributed by atoms with Crippen LogP contribution in [-0.2, 0) is 6.54 Å². The van der Waals surface area contributed by atoms with E-state index in [4.69, 9.17) is 8.83 Å². The van der Waals surface area contributed by atoms with Crippen molar-refractivity contribution in [3.8, 4) is 11.5 Å². The molecule has 0 fully saturated rings. The van der Waals surface area contributed by atoms with E-state index in [0.29, 0.717) is 23.2 Å². The number of furan rings is 1. The standard InChI is InChI=1S/C21H19N3O3S/c1-14-11-18(15(2)24(14)12-17-9-6-10-26-17)19(25)13-28-21-23-22-20(27-21)16-7-4-3-5-8-16/h3-11H,12-13H2,1-2H3. The lowest BCUT2D eigenvalue weighted by Gasteiger charge is -2.07. The number of aromatic nitrogens is 3. The largest absolute Gasteiger partial charge is 0.467 e. The molecule has 0 saturated heterocycles. The Balaban J connectivity index is 1.44. The summed E-state index contributed by atoms with van der Waals surface area (Å²) in [5, 5.41) is 8.47. The second-order valence-electron chi connectivity index (χ2n) is 6.40. The fraction of sp³-hybridized carbons (Fsp3) is 0.190. The minimum atomic E-state index is 0.0308. The first-order valence-corrected chi connectivity index (χ1v) is 9.84. The Morgan fingerprint density at radius 2 is 1.93 bits per heavy atom. The van der Waals surface area contributed by atoms with Gasteiger partial charge in [0.2, 0.25) is 5.89 Å². The van der Waals surface area contributed by atoms with Crippen LogP contribution < -0.4 is 0 Å². The molecule has 1 aromatic carbocycles. The van der Waals surface area contributed by atoms with E-state index < -0.39 is 0 Å². The number of aryl methyl sites for hydroxylation is 1. The predicted molar refractivity (Wildman–Crippen MR) is 107 cm³/mol. The number of hydrogen-bond acceptors (Lipinski definition) is 6. The normalized spacial score (nSPS) is 11.1. The molecule has 0 radical (unpaired) electrons. The molecule has 3 heterocycles. The van der Waals surface area contributed by atoms with Crippen LogP contribution in [0.25, 0.3) is 11.5 Å². The summed E-state index contributed by atoms with van der Waals surface area (Å²) in [7, 11) is 0. The summed E-state index contributed by atoms with van der Waals surface area (Å²) >= 11 is 1.25. The smallest absolute Gasteiger partial charge is 0.277 e. The molecule has 0 saturated carbocycles. The molecular formula is C21H19N3O3S. The van der Waals surface area contributed by atoms with Crippen molar-refractivity contribution in [2.75, 3.05) is 5.75 Å². The molecule has 4 rings (SSSR count). The monoisotopic (exact) mass is 393 g/mol. The Bertz CT molecular complexity index is 1080. The lowest BCUT2D eigenvalue weighted by Crippen LogP contribution is -2.07. The molecule has 0 spiro atoms. The number of ketones is 1. The minimum absolute atomic E-state index is 0.0308. The van der Waals surface area contributed by atoms with Gasteiger partial charge in [-0.2, -0.15) is 0 Å². The number of thioether (sulfide) groups is 1. The second-order valence-corrected chi connectivity index (χ2v) is 7.33. The van der Waals surface area contributed by atoms with E-state index in [9.17, 15) is 4.79 Å². The zero-order chi connectivity index (χ0) is 19.5. The Morgan fingerprint density at radius 3 is 2.68 bits per heavy atom. The Hall–Kier alpha value is -3.06. The molecule has 0 aliphatic heterocycles. The van der Waals surface area contributed by atoms with Crippen molar-refractivity contribution in [3.05, 3.63) is 77.5 Å². The number of benzene rings is 1. The quantitative estimate of drug-likeness (QED) is 0.333. The van der Waals surface area contributed by atoms with Gasteiger partial charge in [-0.05, 0) is 44.2 Å². The lowest BCUT2D eigenvalue weighted by molar-refractivity contribution is 0.102. The molecule has 0 unspecified atom stereocenters. The molecule has 0 aliphatic rings. The average Bonchev–Trinajstić information content (AvgIpc) is 3.45. The summed E-state index contributed by atoms with van der Waals surface area (Å²) in [4.78, 5) is 12.7. The van der Waals surface area contributed by atoms with E-state index in [2.05, 4.69) is 14.8 Å². The van der Waals surface area contributed by atoms with E-state index in [1.165, 1.54) is 11.8 Å². The third-order valence-corrected chi connectivity index (χ3v) is 5.34. The summed E-state index contributed by atoms with van der Waals surface area (Å²) in [6.45, 7) is 4.55. The van der Waals surface area contributed by atoms with Crippen molar-refractivity contribution in [2.45, 2.75) is 25.6 Å². The predicted octanol–water partition coefficient (Wildman–Crippen LogP) is 4.77. The summed E-state index contributed by atoms with van der Waals surface area (Å²) < 4.78 is 13.2. The summed E-state index contributed by atoms with van der Waals surface area (Å²) in [5.41, 5.74) is 3.51. The zero-order valence-corrected chi connectivity index (χ0v) is 16.4. The van der Waals surface area contributed by atoms with E-state index in [1.807, 2.05) is 62.4 Å². The van der Waals surface area contributed by atoms with Crippen LogP contribution in [0.1, 0.15) is 27.5 Å². The van der Waals surface area contributed by atoms with Crippen LogP contribution in [-0.4, -0.2) is 26.3 Å². The van der Waals surface area contributed by atoms with Crippen molar-refractivity contribution in [3.63, 3.8) is 0 Å². The number of rotatable bonds is 7. The highest BCUT2D eigenvalue weighted by Gasteiger charge is 2.18. The van der Waals surface area contributed by atoms with Crippen molar-refractivity contribution in [1.82, 2.24) is 14.8 Å². The third kappa shape index (κ3) is 3.80. The number of hydrogen-bond donors (Lipinski definition) is 0. The highest BCUT2D eigenvalue weighted by Crippen LogP contribution is 2.25. The molecule has 3 aromatic heterocycles. The highest BCUT2D eigenvalue weighted by atomic mass is 32.2. The van der Waals surface area contributed by atoms with Gasteiger partial charge in [0.1, 0.15) is 5.76 Å². The highest BCUT2D eigenvalue weighted by molar-refractivity contribution is 7.99. The van der Waals surface area contributed by atoms with Gasteiger partial charge in [-0.1, -0.05) is 30.0 Å². The molecule has 0 N–H and O–H groups in total. The molecule has 142 valence electrons. The maximum Gasteiger partial charge on any atom is 0.277 e. The van der Waals surface area contributed by atoms with Gasteiger partial charge in [0.25, 0.3) is 5.22 Å². The maximum atomic E-state index is 12.7. The summed E-state index contributed by atoms with van der Waals surface area (Å²) in [6.07, 6.45) is 1.65. The zero-order valence-electron chi connectivity index (χ0n) is 15.6. The van der Waals surface area contributed by atoms with Gasteiger partial charge in [0, 0.05) is 22.5 Å². The number of carbonyl (C=O) groups excluding carboxylic acids is 1. The van der Waals surface area contributed by atoms with E-state index in [-0.39, 0.29) is 11.5 Å². The molecule has 6 nitrogen and oxygen atoms in total. The third-order valence-electron chi connectivity index (χ3n) is 4.52. The van der Waals surface area contributed by atoms with Crippen molar-refractivity contribution in [1.29, 1.82) is 0 Å². The Labute approximate surface area is 166 Å². The van der Waals surface area contributed by atoms with Crippen molar-refractivity contribution < 1.29 is 13.6 Å². The molecule has 28 heavy (non-hydrogen) atoms. The van der Waals surface area contributed by atoms with Gasteiger partial charge < -0.3 is 13.4 Å². The van der Waals surface area contributed by atoms with Crippen LogP contribution in [0.4, 0.5) is 0 Å². The molecule has 0 atom stereocenters. The first kappa shape index (κ1) is 18.3. The van der Waals surface area contributed by atoms with Crippen LogP contribution in [0.2, 0.25) is 0 Å². The lowest BCUT2D eigenvalue weighted by atomic mass is 10.2. The van der Waals surface area contributed by atoms with Crippen molar-refractivity contribution in [2.24, 2.45) is 0 Å². The van der Waals surface area contributed by atoms with Crippen molar-refractivity contribution >= 4 is 17.5 Å². The Morgan fingerprint density at radius 1 is 1.11 bits per heavy atom. The summed E-state index contributed by atoms with van der Waals surface area (Å²) in [6, 6.07) is 15.3. The van der Waals surface area contributed by atoms with Crippen LogP contribution in [0.15, 0.2) is 68.9 Å². The van der Waals surface area contributed by atoms with Crippen LogP contribution in [0.5, 0.6) is 0 Å². The van der Waals surface area contributed by atoms with E-state index in [0.717, 1.165) is 22.7 Å². The molecule has 0 aliphatic carbocycles. The van der Waals surface area contributed by atoms with Gasteiger partial charge in [-0.25, -0.2) is 0 Å². The fourth-order valence-electron chi connectivity index (χ4n) is 3.06. The number of nitrogens with zero attached hydrogens (tertiary/aromatic N) is 3. The molecule has 0 bridgehead atoms. The topological polar surface area (TPSA) is 74.1 Å². The Kier molecular flexibility index (Phi) is 5.16. The molecule has 4 aromatic rings. The first-order valence-electron chi connectivity index (χ1n) is 8.86. The van der Waals surface area contributed by atoms with Gasteiger partial charge in [0.05, 0.1) is 18.6 Å². The summed E-state index contributed by atoms with van der Waals surface area (Å²) in [5.74, 6) is 1.58. The van der Waals surface area contributed by atoms with E-state index >= 15 is 0 Å². The minimum Gasteiger partial charge on any atom is -0.467 e. The second kappa shape index (κ2) is 7.90. The van der Waals surface area contributed by atoms with Crippen LogP contribution in [0.3, 0.4) is 0 Å². The van der Waals surface area contributed by atoms with Gasteiger partial charge >= 0.3 is 0 Å². The van der Waals surface area contributed by atoms with E-state index in [1.54, 1.807) is 6.26 Å². The van der Waals surface area contributed by atoms with Crippen LogP contribution in [0, 0.1) is 13.8 Å². The molecule has 0 amide bonds. The average molecular weight is 393 g/mol. The fourth-order valence-corrected chi connectivity index (χ4v) is 3.70. The number of carbonyl (C=O) groups is 1. The maximum absolute atomic E-state index is 12.7. The van der Waals surface area contributed by atoms with Crippen LogP contribution >= 0.6 is 11.8 Å². The molecular weight excluding hydrogens is 374 g/mol. The van der Waals surface area contributed by atoms with Gasteiger partial charge in [0.15, 0.2) is 5.78 Å². The SMILES string of the molecule is Cc1cc(C(=O)CSc2nnc(-c3ccccc3)o2)c(C)n1Cc1ccco1. The van der Waals surface area contributed by atoms with Gasteiger partial charge in [-0.15, -0.1) is 10.2 Å². The molecule has 7 heteroatoms. The first-order chi connectivity index (χ1) is 13.6.